The second-order valence-electron chi connectivity index (χ2n) is 4.79. The van der Waals surface area contributed by atoms with Crippen molar-refractivity contribution in [3.63, 3.8) is 0 Å². The number of nitrogens with zero attached hydrogens (tertiary/aromatic N) is 1. The summed E-state index contributed by atoms with van der Waals surface area (Å²) in [5.41, 5.74) is 1.94. The van der Waals surface area contributed by atoms with Gasteiger partial charge in [0.1, 0.15) is 0 Å². The number of aliphatic imine (C=N–C) groups is 1. The Labute approximate surface area is 135 Å². The van der Waals surface area contributed by atoms with Gasteiger partial charge < -0.3 is 4.74 Å². The lowest BCUT2D eigenvalue weighted by Gasteiger charge is -2.11. The molecule has 2 aromatic carbocycles. The fourth-order valence-electron chi connectivity index (χ4n) is 2.00. The van der Waals surface area contributed by atoms with Gasteiger partial charge in [0.25, 0.3) is 0 Å². The van der Waals surface area contributed by atoms with E-state index in [2.05, 4.69) is 4.99 Å². The summed E-state index contributed by atoms with van der Waals surface area (Å²) in [6, 6.07) is 16.5. The molecule has 0 aliphatic rings. The van der Waals surface area contributed by atoms with E-state index in [4.69, 9.17) is 16.3 Å². The number of halogens is 1. The van der Waals surface area contributed by atoms with E-state index < -0.39 is 6.04 Å². The van der Waals surface area contributed by atoms with Crippen LogP contribution in [-0.2, 0) is 16.0 Å². The van der Waals surface area contributed by atoms with Crippen LogP contribution in [0.15, 0.2) is 59.6 Å². The zero-order chi connectivity index (χ0) is 15.8. The molecule has 0 aliphatic heterocycles. The Morgan fingerprint density at radius 3 is 2.50 bits per heavy atom. The number of esters is 1. The highest BCUT2D eigenvalue weighted by molar-refractivity contribution is 6.30. The first-order chi connectivity index (χ1) is 10.7. The smallest absolute Gasteiger partial charge is 0.331 e. The molecule has 0 radical (unpaired) electrons. The monoisotopic (exact) mass is 315 g/mol. The van der Waals surface area contributed by atoms with Gasteiger partial charge in [-0.1, -0.05) is 54.1 Å². The summed E-state index contributed by atoms with van der Waals surface area (Å²) >= 11 is 5.85. The second kappa shape index (κ2) is 8.35. The number of hydrogen-bond acceptors (Lipinski definition) is 3. The van der Waals surface area contributed by atoms with Crippen LogP contribution in [0.3, 0.4) is 0 Å². The van der Waals surface area contributed by atoms with E-state index >= 15 is 0 Å². The molecule has 2 rings (SSSR count). The highest BCUT2D eigenvalue weighted by Gasteiger charge is 2.18. The van der Waals surface area contributed by atoms with Crippen LogP contribution in [-0.4, -0.2) is 24.8 Å². The Kier molecular flexibility index (Phi) is 6.16. The van der Waals surface area contributed by atoms with Crippen LogP contribution >= 0.6 is 11.6 Å². The number of rotatable bonds is 6. The molecule has 1 atom stereocenters. The number of hydrogen-bond donors (Lipinski definition) is 0. The summed E-state index contributed by atoms with van der Waals surface area (Å²) in [6.45, 7) is 2.14. The van der Waals surface area contributed by atoms with Crippen LogP contribution in [0.25, 0.3) is 0 Å². The zero-order valence-corrected chi connectivity index (χ0v) is 13.2. The van der Waals surface area contributed by atoms with Gasteiger partial charge in [0, 0.05) is 17.7 Å². The van der Waals surface area contributed by atoms with Gasteiger partial charge in [0.15, 0.2) is 6.04 Å². The highest BCUT2D eigenvalue weighted by Crippen LogP contribution is 2.10. The first-order valence-electron chi connectivity index (χ1n) is 7.18. The third-order valence-corrected chi connectivity index (χ3v) is 3.36. The van der Waals surface area contributed by atoms with Gasteiger partial charge in [-0.05, 0) is 30.2 Å². The maximum atomic E-state index is 12.1. The summed E-state index contributed by atoms with van der Waals surface area (Å²) in [7, 11) is 0. The summed E-state index contributed by atoms with van der Waals surface area (Å²) in [4.78, 5) is 16.5. The number of carbonyl (C=O) groups excluding carboxylic acids is 1. The molecule has 0 amide bonds. The quantitative estimate of drug-likeness (QED) is 0.598. The molecule has 0 aromatic heterocycles. The van der Waals surface area contributed by atoms with Gasteiger partial charge in [0.2, 0.25) is 0 Å². The SMILES string of the molecule is CCOC(=O)C(Cc1ccccc1)N=Cc1ccc(Cl)cc1. The number of ether oxygens (including phenoxy) is 1. The summed E-state index contributed by atoms with van der Waals surface area (Å²) in [6.07, 6.45) is 2.20. The normalized spacial score (nSPS) is 12.3. The van der Waals surface area contributed by atoms with Crippen molar-refractivity contribution in [2.24, 2.45) is 4.99 Å². The highest BCUT2D eigenvalue weighted by atomic mass is 35.5. The molecule has 114 valence electrons. The molecule has 2 aromatic rings. The lowest BCUT2D eigenvalue weighted by atomic mass is 10.1. The minimum Gasteiger partial charge on any atom is -0.464 e. The molecule has 1 unspecified atom stereocenters. The second-order valence-corrected chi connectivity index (χ2v) is 5.22. The van der Waals surface area contributed by atoms with E-state index in [1.165, 1.54) is 0 Å². The Bertz CT molecular complexity index is 623. The lowest BCUT2D eigenvalue weighted by Crippen LogP contribution is -2.24. The zero-order valence-electron chi connectivity index (χ0n) is 12.4. The van der Waals surface area contributed by atoms with Gasteiger partial charge in [-0.2, -0.15) is 0 Å². The van der Waals surface area contributed by atoms with E-state index in [0.717, 1.165) is 11.1 Å². The summed E-state index contributed by atoms with van der Waals surface area (Å²) in [5.74, 6) is -0.309. The largest absolute Gasteiger partial charge is 0.464 e. The predicted molar refractivity (Wildman–Crippen MR) is 89.6 cm³/mol. The van der Waals surface area contributed by atoms with Crippen LogP contribution < -0.4 is 0 Å². The van der Waals surface area contributed by atoms with Crippen molar-refractivity contribution in [2.45, 2.75) is 19.4 Å². The van der Waals surface area contributed by atoms with Crippen molar-refractivity contribution in [1.82, 2.24) is 0 Å². The third kappa shape index (κ3) is 5.01. The molecule has 3 nitrogen and oxygen atoms in total. The van der Waals surface area contributed by atoms with Crippen LogP contribution in [0.1, 0.15) is 18.1 Å². The Morgan fingerprint density at radius 1 is 1.18 bits per heavy atom. The number of carbonyl (C=O) groups is 1. The van der Waals surface area contributed by atoms with Crippen molar-refractivity contribution < 1.29 is 9.53 Å². The number of benzene rings is 2. The molecule has 0 saturated carbocycles. The molecular weight excluding hydrogens is 298 g/mol. The van der Waals surface area contributed by atoms with Crippen molar-refractivity contribution >= 4 is 23.8 Å². The lowest BCUT2D eigenvalue weighted by molar-refractivity contribution is -0.144. The molecule has 0 spiro atoms. The van der Waals surface area contributed by atoms with Crippen molar-refractivity contribution in [2.75, 3.05) is 6.61 Å². The molecule has 0 heterocycles. The van der Waals surface area contributed by atoms with Gasteiger partial charge in [0.05, 0.1) is 6.61 Å². The Morgan fingerprint density at radius 2 is 1.86 bits per heavy atom. The van der Waals surface area contributed by atoms with Gasteiger partial charge in [-0.15, -0.1) is 0 Å². The molecule has 22 heavy (non-hydrogen) atoms. The molecular formula is C18H18ClNO2. The Balaban J connectivity index is 2.13. The van der Waals surface area contributed by atoms with Crippen LogP contribution in [0.2, 0.25) is 5.02 Å². The average Bonchev–Trinajstić information content (AvgIpc) is 2.54. The van der Waals surface area contributed by atoms with Gasteiger partial charge in [-0.3, -0.25) is 4.99 Å². The first-order valence-corrected chi connectivity index (χ1v) is 7.56. The van der Waals surface area contributed by atoms with Gasteiger partial charge >= 0.3 is 5.97 Å². The molecule has 4 heteroatoms. The van der Waals surface area contributed by atoms with E-state index in [0.29, 0.717) is 18.1 Å². The standard InChI is InChI=1S/C18H18ClNO2/c1-2-22-18(21)17(12-14-6-4-3-5-7-14)20-13-15-8-10-16(19)11-9-15/h3-11,13,17H,2,12H2,1H3. The van der Waals surface area contributed by atoms with E-state index in [1.807, 2.05) is 42.5 Å². The minimum atomic E-state index is -0.543. The minimum absolute atomic E-state index is 0.309. The third-order valence-electron chi connectivity index (χ3n) is 3.10. The summed E-state index contributed by atoms with van der Waals surface area (Å²) < 4.78 is 5.11. The van der Waals surface area contributed by atoms with E-state index in [-0.39, 0.29) is 5.97 Å². The predicted octanol–water partition coefficient (Wildman–Crippen LogP) is 3.93. The van der Waals surface area contributed by atoms with Crippen LogP contribution in [0.5, 0.6) is 0 Å². The molecule has 0 saturated heterocycles. The average molecular weight is 316 g/mol. The summed E-state index contributed by atoms with van der Waals surface area (Å²) in [5, 5.41) is 0.670. The molecule has 0 N–H and O–H groups in total. The van der Waals surface area contributed by atoms with Crippen LogP contribution in [0.4, 0.5) is 0 Å². The maximum absolute atomic E-state index is 12.1. The fourth-order valence-corrected chi connectivity index (χ4v) is 2.12. The first kappa shape index (κ1) is 16.2. The van der Waals surface area contributed by atoms with E-state index in [9.17, 15) is 4.79 Å². The molecule has 0 bridgehead atoms. The molecule has 0 fully saturated rings. The van der Waals surface area contributed by atoms with Crippen molar-refractivity contribution in [1.29, 1.82) is 0 Å². The van der Waals surface area contributed by atoms with Crippen molar-refractivity contribution in [3.8, 4) is 0 Å². The van der Waals surface area contributed by atoms with E-state index in [1.54, 1.807) is 25.3 Å². The Hall–Kier alpha value is -2.13. The fraction of sp³-hybridized carbons (Fsp3) is 0.222. The van der Waals surface area contributed by atoms with Crippen molar-refractivity contribution in [3.05, 3.63) is 70.7 Å². The van der Waals surface area contributed by atoms with Crippen LogP contribution in [0, 0.1) is 0 Å². The molecule has 0 aliphatic carbocycles. The van der Waals surface area contributed by atoms with Gasteiger partial charge in [-0.25, -0.2) is 4.79 Å². The topological polar surface area (TPSA) is 38.7 Å². The maximum Gasteiger partial charge on any atom is 0.331 e.